The molecule has 1 atom stereocenters. The van der Waals surface area contributed by atoms with Gasteiger partial charge in [-0.05, 0) is 48.8 Å². The van der Waals surface area contributed by atoms with Crippen molar-refractivity contribution in [3.8, 4) is 11.5 Å². The molecule has 7 nitrogen and oxygen atoms in total. The number of amides is 1. The number of thioether (sulfide) groups is 1. The minimum absolute atomic E-state index is 0.134. The average Bonchev–Trinajstić information content (AvgIpc) is 3.18. The Labute approximate surface area is 168 Å². The lowest BCUT2D eigenvalue weighted by Crippen LogP contribution is -2.41. The van der Waals surface area contributed by atoms with Crippen LogP contribution in [0.4, 0.5) is 0 Å². The van der Waals surface area contributed by atoms with Crippen LogP contribution in [0.15, 0.2) is 34.7 Å². The predicted molar refractivity (Wildman–Crippen MR) is 107 cm³/mol. The number of ether oxygens (including phenoxy) is 3. The number of methoxy groups -OCH3 is 3. The molecule has 1 N–H and O–H groups in total. The van der Waals surface area contributed by atoms with E-state index in [0.29, 0.717) is 30.1 Å². The zero-order valence-electron chi connectivity index (χ0n) is 16.4. The maximum Gasteiger partial charge on any atom is 0.328 e. The molecule has 1 unspecified atom stereocenters. The number of rotatable bonds is 10. The Hall–Kier alpha value is -2.61. The smallest absolute Gasteiger partial charge is 0.328 e. The first kappa shape index (κ1) is 21.7. The molecule has 0 aliphatic rings. The van der Waals surface area contributed by atoms with Gasteiger partial charge in [0.15, 0.2) is 5.76 Å². The van der Waals surface area contributed by atoms with Crippen molar-refractivity contribution in [1.82, 2.24) is 5.32 Å². The Morgan fingerprint density at radius 1 is 1.14 bits per heavy atom. The van der Waals surface area contributed by atoms with Crippen LogP contribution in [0.1, 0.15) is 28.3 Å². The number of carbonyl (C=O) groups is 2. The van der Waals surface area contributed by atoms with Crippen LogP contribution in [0.5, 0.6) is 11.5 Å². The normalized spacial score (nSPS) is 11.6. The molecule has 1 heterocycles. The second-order valence-electron chi connectivity index (χ2n) is 5.95. The molecule has 2 aromatic rings. The summed E-state index contributed by atoms with van der Waals surface area (Å²) in [7, 11) is 4.48. The highest BCUT2D eigenvalue weighted by molar-refractivity contribution is 7.98. The summed E-state index contributed by atoms with van der Waals surface area (Å²) in [4.78, 5) is 24.3. The topological polar surface area (TPSA) is 87.0 Å². The van der Waals surface area contributed by atoms with E-state index < -0.39 is 17.9 Å². The van der Waals surface area contributed by atoms with Crippen LogP contribution in [0.25, 0.3) is 0 Å². The highest BCUT2D eigenvalue weighted by atomic mass is 32.2. The molecule has 0 saturated heterocycles. The van der Waals surface area contributed by atoms with Crippen molar-refractivity contribution in [3.63, 3.8) is 0 Å². The Kier molecular flexibility index (Phi) is 8.25. The van der Waals surface area contributed by atoms with Crippen molar-refractivity contribution in [2.75, 3.05) is 33.3 Å². The lowest BCUT2D eigenvalue weighted by Gasteiger charge is -2.15. The molecule has 1 amide bonds. The Morgan fingerprint density at radius 2 is 1.93 bits per heavy atom. The van der Waals surface area contributed by atoms with E-state index in [1.54, 1.807) is 38.1 Å². The number of carbonyl (C=O) groups excluding carboxylic acids is 2. The molecule has 0 radical (unpaired) electrons. The number of hydrogen-bond donors (Lipinski definition) is 1. The number of esters is 1. The molecular formula is C20H25NO6S. The summed E-state index contributed by atoms with van der Waals surface area (Å²) in [5, 5.41) is 2.67. The summed E-state index contributed by atoms with van der Waals surface area (Å²) in [5.41, 5.74) is 0.871. The van der Waals surface area contributed by atoms with Crippen LogP contribution >= 0.6 is 11.8 Å². The third kappa shape index (κ3) is 5.69. The Bertz CT molecular complexity index is 804. The van der Waals surface area contributed by atoms with E-state index in [1.807, 2.05) is 24.5 Å². The summed E-state index contributed by atoms with van der Waals surface area (Å²) >= 11 is 1.59. The van der Waals surface area contributed by atoms with Gasteiger partial charge in [-0.1, -0.05) is 0 Å². The fraction of sp³-hybridized carbons (Fsp3) is 0.400. The standard InChI is InChI=1S/C20H25NO6S/c1-24-14-5-7-17(25-2)13(11-14)12-15-6-8-18(27-15)19(22)21-16(9-10-28-4)20(23)26-3/h5-8,11,16H,9-10,12H2,1-4H3,(H,21,22). The monoisotopic (exact) mass is 407 g/mol. The van der Waals surface area contributed by atoms with E-state index in [1.165, 1.54) is 7.11 Å². The van der Waals surface area contributed by atoms with Crippen LogP contribution in [0.2, 0.25) is 0 Å². The zero-order valence-corrected chi connectivity index (χ0v) is 17.3. The molecule has 0 bridgehead atoms. The zero-order chi connectivity index (χ0) is 20.5. The van der Waals surface area contributed by atoms with Crippen molar-refractivity contribution in [3.05, 3.63) is 47.4 Å². The fourth-order valence-electron chi connectivity index (χ4n) is 2.66. The summed E-state index contributed by atoms with van der Waals surface area (Å²) in [6, 6.07) is 8.08. The second kappa shape index (κ2) is 10.7. The molecule has 0 aliphatic carbocycles. The van der Waals surface area contributed by atoms with Gasteiger partial charge in [-0.3, -0.25) is 4.79 Å². The Morgan fingerprint density at radius 3 is 2.57 bits per heavy atom. The highest BCUT2D eigenvalue weighted by Gasteiger charge is 2.23. The van der Waals surface area contributed by atoms with E-state index in [-0.39, 0.29) is 5.76 Å². The van der Waals surface area contributed by atoms with E-state index in [9.17, 15) is 9.59 Å². The first-order chi connectivity index (χ1) is 13.5. The van der Waals surface area contributed by atoms with Gasteiger partial charge < -0.3 is 23.9 Å². The molecule has 0 fully saturated rings. The summed E-state index contributed by atoms with van der Waals surface area (Å²) < 4.78 is 21.1. The largest absolute Gasteiger partial charge is 0.497 e. The summed E-state index contributed by atoms with van der Waals surface area (Å²) in [5.74, 6) is 1.92. The van der Waals surface area contributed by atoms with Gasteiger partial charge in [0.2, 0.25) is 0 Å². The summed E-state index contributed by atoms with van der Waals surface area (Å²) in [6.45, 7) is 0. The molecule has 0 aliphatic heterocycles. The molecule has 0 spiro atoms. The number of furan rings is 1. The van der Waals surface area contributed by atoms with Crippen molar-refractivity contribution in [1.29, 1.82) is 0 Å². The first-order valence-electron chi connectivity index (χ1n) is 8.69. The van der Waals surface area contributed by atoms with Crippen LogP contribution in [0, 0.1) is 0 Å². The predicted octanol–water partition coefficient (Wildman–Crippen LogP) is 2.91. The first-order valence-corrected chi connectivity index (χ1v) is 10.1. The van der Waals surface area contributed by atoms with Gasteiger partial charge >= 0.3 is 5.97 Å². The molecule has 28 heavy (non-hydrogen) atoms. The lowest BCUT2D eigenvalue weighted by atomic mass is 10.1. The molecule has 1 aromatic carbocycles. The van der Waals surface area contributed by atoms with E-state index in [2.05, 4.69) is 5.32 Å². The molecule has 152 valence electrons. The molecule has 2 rings (SSSR count). The second-order valence-corrected chi connectivity index (χ2v) is 6.94. The Balaban J connectivity index is 2.10. The van der Waals surface area contributed by atoms with Gasteiger partial charge in [-0.2, -0.15) is 11.8 Å². The third-order valence-corrected chi connectivity index (χ3v) is 4.78. The SMILES string of the molecule is COC(=O)C(CCSC)NC(=O)c1ccc(Cc2cc(OC)ccc2OC)o1. The van der Waals surface area contributed by atoms with Crippen molar-refractivity contribution >= 4 is 23.6 Å². The lowest BCUT2D eigenvalue weighted by molar-refractivity contribution is -0.142. The maximum absolute atomic E-state index is 12.5. The summed E-state index contributed by atoms with van der Waals surface area (Å²) in [6.07, 6.45) is 2.84. The fourth-order valence-corrected chi connectivity index (χ4v) is 3.13. The van der Waals surface area contributed by atoms with E-state index >= 15 is 0 Å². The van der Waals surface area contributed by atoms with Crippen molar-refractivity contribution in [2.24, 2.45) is 0 Å². The maximum atomic E-state index is 12.5. The van der Waals surface area contributed by atoms with Crippen LogP contribution in [-0.2, 0) is 16.0 Å². The minimum Gasteiger partial charge on any atom is -0.497 e. The molecule has 8 heteroatoms. The van der Waals surface area contributed by atoms with Gasteiger partial charge in [-0.25, -0.2) is 4.79 Å². The van der Waals surface area contributed by atoms with E-state index in [4.69, 9.17) is 18.6 Å². The van der Waals surface area contributed by atoms with Crippen LogP contribution in [-0.4, -0.2) is 51.3 Å². The van der Waals surface area contributed by atoms with Gasteiger partial charge in [0, 0.05) is 12.0 Å². The number of hydrogen-bond acceptors (Lipinski definition) is 7. The average molecular weight is 407 g/mol. The van der Waals surface area contributed by atoms with Gasteiger partial charge in [0.1, 0.15) is 23.3 Å². The number of benzene rings is 1. The van der Waals surface area contributed by atoms with Crippen molar-refractivity contribution in [2.45, 2.75) is 18.9 Å². The molecule has 1 aromatic heterocycles. The minimum atomic E-state index is -0.711. The van der Waals surface area contributed by atoms with Gasteiger partial charge in [-0.15, -0.1) is 0 Å². The quantitative estimate of drug-likeness (QED) is 0.606. The number of nitrogens with one attached hydrogen (secondary N) is 1. The third-order valence-electron chi connectivity index (χ3n) is 4.14. The van der Waals surface area contributed by atoms with Crippen molar-refractivity contribution < 1.29 is 28.2 Å². The highest BCUT2D eigenvalue weighted by Crippen LogP contribution is 2.27. The van der Waals surface area contributed by atoms with Crippen LogP contribution < -0.4 is 14.8 Å². The molecule has 0 saturated carbocycles. The molecular weight excluding hydrogens is 382 g/mol. The van der Waals surface area contributed by atoms with E-state index in [0.717, 1.165) is 11.3 Å². The van der Waals surface area contributed by atoms with Gasteiger partial charge in [0.05, 0.1) is 21.3 Å². The van der Waals surface area contributed by atoms with Crippen LogP contribution in [0.3, 0.4) is 0 Å². The van der Waals surface area contributed by atoms with Gasteiger partial charge in [0.25, 0.3) is 5.91 Å².